The Balaban J connectivity index is 2.27. The van der Waals surface area contributed by atoms with Crippen molar-refractivity contribution in [3.8, 4) is 5.75 Å². The number of halogens is 3. The van der Waals surface area contributed by atoms with Crippen molar-refractivity contribution in [3.05, 3.63) is 62.5 Å². The molecule has 0 aliphatic heterocycles. The topological polar surface area (TPSA) is 35.2 Å². The van der Waals surface area contributed by atoms with Gasteiger partial charge in [-0.2, -0.15) is 0 Å². The van der Waals surface area contributed by atoms with E-state index in [4.69, 9.17) is 33.7 Å². The van der Waals surface area contributed by atoms with Crippen molar-refractivity contribution in [3.63, 3.8) is 0 Å². The second-order valence-electron chi connectivity index (χ2n) is 3.94. The third kappa shape index (κ3) is 3.63. The summed E-state index contributed by atoms with van der Waals surface area (Å²) in [5.41, 5.74) is 6.62. The highest BCUT2D eigenvalue weighted by Gasteiger charge is 2.16. The molecule has 0 heterocycles. The van der Waals surface area contributed by atoms with Crippen LogP contribution in [0.4, 0.5) is 0 Å². The van der Waals surface area contributed by atoms with Crippen LogP contribution in [0.5, 0.6) is 5.75 Å². The first-order chi connectivity index (χ1) is 9.11. The highest BCUT2D eigenvalue weighted by Crippen LogP contribution is 2.32. The van der Waals surface area contributed by atoms with Crippen LogP contribution < -0.4 is 10.5 Å². The van der Waals surface area contributed by atoms with Crippen molar-refractivity contribution < 1.29 is 4.74 Å². The molecule has 0 amide bonds. The van der Waals surface area contributed by atoms with Gasteiger partial charge in [-0.3, -0.25) is 0 Å². The second kappa shape index (κ2) is 6.62. The number of hydrogen-bond acceptors (Lipinski definition) is 2. The number of benzene rings is 2. The monoisotopic (exact) mass is 359 g/mol. The van der Waals surface area contributed by atoms with E-state index in [1.807, 2.05) is 30.3 Å². The summed E-state index contributed by atoms with van der Waals surface area (Å²) in [6.45, 7) is 0.316. The Morgan fingerprint density at radius 2 is 1.84 bits per heavy atom. The third-order valence-corrected chi connectivity index (χ3v) is 3.76. The molecule has 0 radical (unpaired) electrons. The molecule has 0 saturated heterocycles. The van der Waals surface area contributed by atoms with E-state index in [-0.39, 0.29) is 6.10 Å². The van der Waals surface area contributed by atoms with E-state index in [1.54, 1.807) is 12.1 Å². The maximum atomic E-state index is 6.15. The number of ether oxygens (including phenoxy) is 1. The highest BCUT2D eigenvalue weighted by atomic mass is 79.9. The van der Waals surface area contributed by atoms with Crippen LogP contribution >= 0.6 is 39.1 Å². The minimum atomic E-state index is -0.327. The molecule has 2 nitrogen and oxygen atoms in total. The first kappa shape index (κ1) is 14.7. The van der Waals surface area contributed by atoms with E-state index in [9.17, 15) is 0 Å². The largest absolute Gasteiger partial charge is 0.483 e. The van der Waals surface area contributed by atoms with E-state index in [1.165, 1.54) is 0 Å². The lowest BCUT2D eigenvalue weighted by molar-refractivity contribution is 0.214. The van der Waals surface area contributed by atoms with Crippen LogP contribution in [0.3, 0.4) is 0 Å². The Morgan fingerprint density at radius 3 is 2.47 bits per heavy atom. The second-order valence-corrected chi connectivity index (χ2v) is 5.67. The van der Waals surface area contributed by atoms with Gasteiger partial charge in [-0.15, -0.1) is 0 Å². The average Bonchev–Trinajstić information content (AvgIpc) is 2.39. The summed E-state index contributed by atoms with van der Waals surface area (Å²) in [7, 11) is 0. The number of rotatable bonds is 4. The summed E-state index contributed by atoms with van der Waals surface area (Å²) >= 11 is 15.6. The molecule has 2 rings (SSSR count). The molecular formula is C14H12BrCl2NO. The Bertz CT molecular complexity index is 577. The number of hydrogen-bond donors (Lipinski definition) is 1. The van der Waals surface area contributed by atoms with Crippen molar-refractivity contribution in [2.45, 2.75) is 6.10 Å². The minimum Gasteiger partial charge on any atom is -0.483 e. The van der Waals surface area contributed by atoms with Gasteiger partial charge in [-0.05, 0) is 24.3 Å². The molecule has 19 heavy (non-hydrogen) atoms. The predicted octanol–water partition coefficient (Wildman–Crippen LogP) is 4.83. The Morgan fingerprint density at radius 1 is 1.11 bits per heavy atom. The highest BCUT2D eigenvalue weighted by molar-refractivity contribution is 9.10. The molecular weight excluding hydrogens is 349 g/mol. The first-order valence-corrected chi connectivity index (χ1v) is 7.23. The third-order valence-electron chi connectivity index (χ3n) is 2.63. The summed E-state index contributed by atoms with van der Waals surface area (Å²) in [6, 6.07) is 12.9. The van der Waals surface area contributed by atoms with Crippen LogP contribution in [-0.4, -0.2) is 6.54 Å². The SMILES string of the molecule is NCC(Oc1ccc(Br)cc1Cl)c1ccccc1Cl. The van der Waals surface area contributed by atoms with E-state index in [0.717, 1.165) is 10.0 Å². The van der Waals surface area contributed by atoms with Gasteiger partial charge in [0.25, 0.3) is 0 Å². The molecule has 2 aromatic carbocycles. The van der Waals surface area contributed by atoms with Crippen LogP contribution in [0.25, 0.3) is 0 Å². The molecule has 0 bridgehead atoms. The van der Waals surface area contributed by atoms with Crippen LogP contribution in [0.1, 0.15) is 11.7 Å². The summed E-state index contributed by atoms with van der Waals surface area (Å²) < 4.78 is 6.75. The van der Waals surface area contributed by atoms with Gasteiger partial charge in [0.05, 0.1) is 5.02 Å². The van der Waals surface area contributed by atoms with Gasteiger partial charge in [0.2, 0.25) is 0 Å². The van der Waals surface area contributed by atoms with Crippen LogP contribution in [0.2, 0.25) is 10.0 Å². The molecule has 5 heteroatoms. The predicted molar refractivity (Wildman–Crippen MR) is 83.0 cm³/mol. The van der Waals surface area contributed by atoms with Gasteiger partial charge < -0.3 is 10.5 Å². The fourth-order valence-corrected chi connectivity index (χ4v) is 2.67. The lowest BCUT2D eigenvalue weighted by Gasteiger charge is -2.19. The quantitative estimate of drug-likeness (QED) is 0.846. The molecule has 1 atom stereocenters. The molecule has 0 fully saturated rings. The van der Waals surface area contributed by atoms with Crippen LogP contribution in [0.15, 0.2) is 46.9 Å². The molecule has 100 valence electrons. The Labute approximate surface area is 130 Å². The molecule has 0 aliphatic carbocycles. The fraction of sp³-hybridized carbons (Fsp3) is 0.143. The lowest BCUT2D eigenvalue weighted by atomic mass is 10.1. The van der Waals surface area contributed by atoms with Crippen molar-refractivity contribution in [1.29, 1.82) is 0 Å². The Hall–Kier alpha value is -0.740. The molecule has 2 aromatic rings. The van der Waals surface area contributed by atoms with Crippen molar-refractivity contribution >= 4 is 39.1 Å². The summed E-state index contributed by atoms with van der Waals surface area (Å²) in [4.78, 5) is 0. The average molecular weight is 361 g/mol. The molecule has 2 N–H and O–H groups in total. The molecule has 0 aromatic heterocycles. The molecule has 1 unspecified atom stereocenters. The molecule has 0 aliphatic rings. The van der Waals surface area contributed by atoms with Crippen molar-refractivity contribution in [2.24, 2.45) is 5.73 Å². The van der Waals surface area contributed by atoms with Crippen LogP contribution in [-0.2, 0) is 0 Å². The zero-order valence-electron chi connectivity index (χ0n) is 9.95. The lowest BCUT2D eigenvalue weighted by Crippen LogP contribution is -2.19. The van der Waals surface area contributed by atoms with Crippen LogP contribution in [0, 0.1) is 0 Å². The Kier molecular flexibility index (Phi) is 5.11. The zero-order chi connectivity index (χ0) is 13.8. The maximum Gasteiger partial charge on any atom is 0.138 e. The van der Waals surface area contributed by atoms with Gasteiger partial charge in [0, 0.05) is 21.6 Å². The minimum absolute atomic E-state index is 0.316. The molecule has 0 spiro atoms. The van der Waals surface area contributed by atoms with E-state index in [0.29, 0.717) is 22.3 Å². The zero-order valence-corrected chi connectivity index (χ0v) is 13.0. The first-order valence-electron chi connectivity index (χ1n) is 5.68. The fourth-order valence-electron chi connectivity index (χ4n) is 1.70. The van der Waals surface area contributed by atoms with Gasteiger partial charge in [0.15, 0.2) is 0 Å². The standard InChI is InChI=1S/C14H12BrCl2NO/c15-9-5-6-13(12(17)7-9)19-14(8-18)10-3-1-2-4-11(10)16/h1-7,14H,8,18H2. The van der Waals surface area contributed by atoms with Gasteiger partial charge >= 0.3 is 0 Å². The molecule has 0 saturated carbocycles. The smallest absolute Gasteiger partial charge is 0.138 e. The van der Waals surface area contributed by atoms with Crippen molar-refractivity contribution in [2.75, 3.05) is 6.54 Å². The summed E-state index contributed by atoms with van der Waals surface area (Å²) in [5, 5.41) is 1.16. The maximum absolute atomic E-state index is 6.15. The van der Waals surface area contributed by atoms with Crippen molar-refractivity contribution in [1.82, 2.24) is 0 Å². The van der Waals surface area contributed by atoms with E-state index < -0.39 is 0 Å². The number of nitrogens with two attached hydrogens (primary N) is 1. The summed E-state index contributed by atoms with van der Waals surface area (Å²) in [6.07, 6.45) is -0.327. The van der Waals surface area contributed by atoms with Gasteiger partial charge in [-0.1, -0.05) is 57.3 Å². The van der Waals surface area contributed by atoms with E-state index >= 15 is 0 Å². The van der Waals surface area contributed by atoms with Gasteiger partial charge in [-0.25, -0.2) is 0 Å². The van der Waals surface area contributed by atoms with Gasteiger partial charge in [0.1, 0.15) is 11.9 Å². The van der Waals surface area contributed by atoms with E-state index in [2.05, 4.69) is 15.9 Å². The summed E-state index contributed by atoms with van der Waals surface area (Å²) in [5.74, 6) is 0.584. The normalized spacial score (nSPS) is 12.2.